The number of carbonyl (C=O) groups is 3. The van der Waals surface area contributed by atoms with Gasteiger partial charge in [0.1, 0.15) is 17.1 Å². The van der Waals surface area contributed by atoms with Crippen molar-refractivity contribution in [1.82, 2.24) is 5.32 Å². The SMILES string of the molecule is O=C(O)COc1c(Br)cc(/C=C2\C(=O)NC(=S)N(c3ccccc3F)C2=O)cc1Br. The Morgan fingerprint density at radius 2 is 1.87 bits per heavy atom. The number of rotatable bonds is 5. The third-order valence-corrected chi connectivity index (χ3v) is 5.33. The molecule has 2 aromatic carbocycles. The van der Waals surface area contributed by atoms with Gasteiger partial charge in [-0.3, -0.25) is 14.9 Å². The molecule has 0 unspecified atom stereocenters. The van der Waals surface area contributed by atoms with Gasteiger partial charge in [-0.15, -0.1) is 0 Å². The monoisotopic (exact) mass is 556 g/mol. The summed E-state index contributed by atoms with van der Waals surface area (Å²) < 4.78 is 20.2. The van der Waals surface area contributed by atoms with E-state index in [0.717, 1.165) is 4.90 Å². The number of aliphatic carboxylic acids is 1. The highest BCUT2D eigenvalue weighted by Gasteiger charge is 2.35. The molecular formula is C19H11Br2FN2O5S. The van der Waals surface area contributed by atoms with Gasteiger partial charge in [0.05, 0.1) is 14.6 Å². The maximum atomic E-state index is 14.2. The molecule has 2 amide bonds. The second-order valence-electron chi connectivity index (χ2n) is 5.91. The lowest BCUT2D eigenvalue weighted by Crippen LogP contribution is -2.54. The minimum absolute atomic E-state index is 0.0850. The Bertz CT molecular complexity index is 1100. The molecule has 0 aromatic heterocycles. The average Bonchev–Trinajstić information content (AvgIpc) is 2.65. The van der Waals surface area contributed by atoms with Crippen LogP contribution >= 0.6 is 44.1 Å². The molecule has 0 radical (unpaired) electrons. The highest BCUT2D eigenvalue weighted by molar-refractivity contribution is 9.11. The third-order valence-electron chi connectivity index (χ3n) is 3.87. The Labute approximate surface area is 191 Å². The van der Waals surface area contributed by atoms with Crippen LogP contribution in [-0.4, -0.2) is 34.6 Å². The molecule has 30 heavy (non-hydrogen) atoms. The molecule has 0 bridgehead atoms. The number of nitrogens with one attached hydrogen (secondary N) is 1. The zero-order valence-electron chi connectivity index (χ0n) is 14.8. The van der Waals surface area contributed by atoms with E-state index in [1.54, 1.807) is 0 Å². The highest BCUT2D eigenvalue weighted by atomic mass is 79.9. The summed E-state index contributed by atoms with van der Waals surface area (Å²) in [6.45, 7) is -0.548. The highest BCUT2D eigenvalue weighted by Crippen LogP contribution is 2.36. The van der Waals surface area contributed by atoms with Gasteiger partial charge < -0.3 is 9.84 Å². The van der Waals surface area contributed by atoms with Crippen molar-refractivity contribution < 1.29 is 28.6 Å². The molecule has 11 heteroatoms. The third kappa shape index (κ3) is 4.58. The van der Waals surface area contributed by atoms with E-state index in [1.165, 1.54) is 42.5 Å². The van der Waals surface area contributed by atoms with Gasteiger partial charge in [0.2, 0.25) is 0 Å². The molecule has 1 aliphatic heterocycles. The number of nitrogens with zero attached hydrogens (tertiary/aromatic N) is 1. The van der Waals surface area contributed by atoms with Gasteiger partial charge in [-0.05, 0) is 80.0 Å². The fourth-order valence-electron chi connectivity index (χ4n) is 2.61. The minimum Gasteiger partial charge on any atom is -0.480 e. The van der Waals surface area contributed by atoms with Crippen molar-refractivity contribution in [3.8, 4) is 5.75 Å². The van der Waals surface area contributed by atoms with Gasteiger partial charge in [-0.1, -0.05) is 12.1 Å². The van der Waals surface area contributed by atoms with Crippen LogP contribution in [0, 0.1) is 5.82 Å². The van der Waals surface area contributed by atoms with Crippen molar-refractivity contribution in [2.45, 2.75) is 0 Å². The summed E-state index contributed by atoms with van der Waals surface area (Å²) in [6.07, 6.45) is 1.31. The molecule has 0 spiro atoms. The topological polar surface area (TPSA) is 95.9 Å². The molecule has 0 saturated carbocycles. The van der Waals surface area contributed by atoms with Crippen LogP contribution in [0.5, 0.6) is 5.75 Å². The number of carboxylic acid groups (broad SMARTS) is 1. The number of benzene rings is 2. The predicted molar refractivity (Wildman–Crippen MR) is 118 cm³/mol. The van der Waals surface area contributed by atoms with E-state index in [1.807, 2.05) is 0 Å². The Balaban J connectivity index is 1.99. The predicted octanol–water partition coefficient (Wildman–Crippen LogP) is 3.65. The van der Waals surface area contributed by atoms with Gasteiger partial charge in [0, 0.05) is 0 Å². The first kappa shape index (κ1) is 22.1. The first-order valence-corrected chi connectivity index (χ1v) is 10.2. The van der Waals surface area contributed by atoms with Crippen molar-refractivity contribution >= 4 is 78.7 Å². The van der Waals surface area contributed by atoms with Crippen LogP contribution in [-0.2, 0) is 14.4 Å². The smallest absolute Gasteiger partial charge is 0.341 e. The minimum atomic E-state index is -1.14. The van der Waals surface area contributed by atoms with Gasteiger partial charge >= 0.3 is 5.97 Å². The van der Waals surface area contributed by atoms with E-state index in [-0.39, 0.29) is 22.1 Å². The molecule has 1 fully saturated rings. The van der Waals surface area contributed by atoms with Gasteiger partial charge in [-0.2, -0.15) is 0 Å². The molecule has 1 saturated heterocycles. The molecular weight excluding hydrogens is 547 g/mol. The summed E-state index contributed by atoms with van der Waals surface area (Å²) >= 11 is 11.6. The van der Waals surface area contributed by atoms with Crippen molar-refractivity contribution in [3.05, 3.63) is 62.3 Å². The van der Waals surface area contributed by atoms with Crippen LogP contribution in [0.15, 0.2) is 50.9 Å². The summed E-state index contributed by atoms with van der Waals surface area (Å²) in [5.74, 6) is -3.08. The normalized spacial score (nSPS) is 15.4. The standard InChI is InChI=1S/C19H11Br2FN2O5S/c20-11-6-9(7-12(21)16(11)29-8-15(25)26)5-10-17(27)23-19(30)24(18(10)28)14-4-2-1-3-13(14)22/h1-7H,8H2,(H,25,26)(H,23,27,30)/b10-5+. The number of anilines is 1. The number of hydrogen-bond acceptors (Lipinski definition) is 5. The Kier molecular flexibility index (Phi) is 6.64. The number of para-hydroxylation sites is 1. The first-order valence-electron chi connectivity index (χ1n) is 8.18. The van der Waals surface area contributed by atoms with E-state index < -0.39 is 30.2 Å². The number of carbonyl (C=O) groups excluding carboxylic acids is 2. The Morgan fingerprint density at radius 3 is 2.47 bits per heavy atom. The fraction of sp³-hybridized carbons (Fsp3) is 0.0526. The fourth-order valence-corrected chi connectivity index (χ4v) is 4.34. The summed E-state index contributed by atoms with van der Waals surface area (Å²) in [6, 6.07) is 8.63. The van der Waals surface area contributed by atoms with Crippen LogP contribution in [0.3, 0.4) is 0 Å². The molecule has 2 N–H and O–H groups in total. The number of ether oxygens (including phenoxy) is 1. The van der Waals surface area contributed by atoms with Crippen LogP contribution < -0.4 is 15.0 Å². The maximum absolute atomic E-state index is 14.2. The van der Waals surface area contributed by atoms with Crippen LogP contribution in [0.2, 0.25) is 0 Å². The lowest BCUT2D eigenvalue weighted by molar-refractivity contribution is -0.139. The van der Waals surface area contributed by atoms with E-state index in [0.29, 0.717) is 14.5 Å². The van der Waals surface area contributed by atoms with Crippen LogP contribution in [0.1, 0.15) is 5.56 Å². The quantitative estimate of drug-likeness (QED) is 0.331. The maximum Gasteiger partial charge on any atom is 0.341 e. The largest absolute Gasteiger partial charge is 0.480 e. The number of amides is 2. The van der Waals surface area contributed by atoms with E-state index >= 15 is 0 Å². The zero-order chi connectivity index (χ0) is 22.0. The number of halogens is 3. The van der Waals surface area contributed by atoms with Gasteiger partial charge in [0.15, 0.2) is 11.7 Å². The van der Waals surface area contributed by atoms with Crippen molar-refractivity contribution in [2.75, 3.05) is 11.5 Å². The Hall–Kier alpha value is -2.63. The lowest BCUT2D eigenvalue weighted by atomic mass is 10.1. The second-order valence-corrected chi connectivity index (χ2v) is 8.00. The molecule has 1 heterocycles. The van der Waals surface area contributed by atoms with Gasteiger partial charge in [-0.25, -0.2) is 14.1 Å². The summed E-state index contributed by atoms with van der Waals surface area (Å²) in [5, 5.41) is 10.9. The second kappa shape index (κ2) is 9.02. The molecule has 0 aliphatic carbocycles. The zero-order valence-corrected chi connectivity index (χ0v) is 18.8. The lowest BCUT2D eigenvalue weighted by Gasteiger charge is -2.29. The molecule has 0 atom stereocenters. The van der Waals surface area contributed by atoms with E-state index in [4.69, 9.17) is 22.1 Å². The van der Waals surface area contributed by atoms with Crippen LogP contribution in [0.4, 0.5) is 10.1 Å². The van der Waals surface area contributed by atoms with E-state index in [9.17, 15) is 18.8 Å². The molecule has 154 valence electrons. The number of thiocarbonyl (C=S) groups is 1. The van der Waals surface area contributed by atoms with E-state index in [2.05, 4.69) is 37.2 Å². The van der Waals surface area contributed by atoms with Crippen molar-refractivity contribution in [1.29, 1.82) is 0 Å². The summed E-state index contributed by atoms with van der Waals surface area (Å²) in [7, 11) is 0. The van der Waals surface area contributed by atoms with Crippen molar-refractivity contribution in [3.63, 3.8) is 0 Å². The van der Waals surface area contributed by atoms with Crippen LogP contribution in [0.25, 0.3) is 6.08 Å². The number of hydrogen-bond donors (Lipinski definition) is 2. The summed E-state index contributed by atoms with van der Waals surface area (Å²) in [5.41, 5.74) is 0.0827. The first-order chi connectivity index (χ1) is 14.2. The molecule has 1 aliphatic rings. The molecule has 7 nitrogen and oxygen atoms in total. The van der Waals surface area contributed by atoms with Gasteiger partial charge in [0.25, 0.3) is 11.8 Å². The molecule has 2 aromatic rings. The Morgan fingerprint density at radius 1 is 1.23 bits per heavy atom. The summed E-state index contributed by atoms with van der Waals surface area (Å²) in [4.78, 5) is 36.9. The number of carboxylic acids is 1. The van der Waals surface area contributed by atoms with Crippen molar-refractivity contribution in [2.24, 2.45) is 0 Å². The average molecular weight is 558 g/mol. The molecule has 3 rings (SSSR count).